The molecule has 1 saturated heterocycles. The highest BCUT2D eigenvalue weighted by atomic mass is 32.1. The number of thiazole rings is 1. The van der Waals surface area contributed by atoms with Gasteiger partial charge in [-0.25, -0.2) is 13.8 Å². The van der Waals surface area contributed by atoms with Crippen LogP contribution in [0.15, 0.2) is 47.8 Å². The lowest BCUT2D eigenvalue weighted by atomic mass is 10.1. The Hall–Kier alpha value is -2.84. The number of aromatic nitrogens is 1. The second-order valence-electron chi connectivity index (χ2n) is 7.51. The molecule has 31 heavy (non-hydrogen) atoms. The van der Waals surface area contributed by atoms with E-state index in [0.29, 0.717) is 43.1 Å². The quantitative estimate of drug-likeness (QED) is 0.571. The second-order valence-corrected chi connectivity index (χ2v) is 8.45. The molecule has 0 atom stereocenters. The maximum atomic E-state index is 13.8. The van der Waals surface area contributed by atoms with Gasteiger partial charge in [-0.2, -0.15) is 0 Å². The number of nitrogens with zero attached hydrogens (tertiary/aromatic N) is 3. The van der Waals surface area contributed by atoms with Crippen LogP contribution in [0.2, 0.25) is 0 Å². The fourth-order valence-corrected chi connectivity index (χ4v) is 4.11. The zero-order valence-electron chi connectivity index (χ0n) is 17.2. The van der Waals surface area contributed by atoms with Crippen LogP contribution in [0.1, 0.15) is 26.6 Å². The van der Waals surface area contributed by atoms with Crippen molar-refractivity contribution in [3.63, 3.8) is 0 Å². The minimum Gasteiger partial charge on any atom is -0.486 e. The van der Waals surface area contributed by atoms with Gasteiger partial charge in [-0.1, -0.05) is 6.07 Å². The third-order valence-electron chi connectivity index (χ3n) is 5.24. The van der Waals surface area contributed by atoms with E-state index in [-0.39, 0.29) is 17.5 Å². The molecule has 162 valence electrons. The SMILES string of the molecule is Cc1ccc(C(=O)N2CCN(Cc3csc(COc4ccc(F)cc4)n3)CC2)cc1F. The van der Waals surface area contributed by atoms with Crippen LogP contribution in [0, 0.1) is 18.6 Å². The number of carbonyl (C=O) groups is 1. The van der Waals surface area contributed by atoms with Gasteiger partial charge >= 0.3 is 0 Å². The number of hydrogen-bond acceptors (Lipinski definition) is 5. The van der Waals surface area contributed by atoms with Crippen molar-refractivity contribution in [3.05, 3.63) is 81.3 Å². The summed E-state index contributed by atoms with van der Waals surface area (Å²) in [5.41, 5.74) is 1.89. The lowest BCUT2D eigenvalue weighted by Gasteiger charge is -2.34. The first kappa shape index (κ1) is 21.4. The van der Waals surface area contributed by atoms with Gasteiger partial charge in [-0.15, -0.1) is 11.3 Å². The molecule has 3 aromatic rings. The number of halogens is 2. The van der Waals surface area contributed by atoms with Crippen LogP contribution in [0.5, 0.6) is 5.75 Å². The first-order valence-corrected chi connectivity index (χ1v) is 11.0. The first-order valence-electron chi connectivity index (χ1n) is 10.1. The van der Waals surface area contributed by atoms with Crippen molar-refractivity contribution in [1.29, 1.82) is 0 Å². The van der Waals surface area contributed by atoms with Crippen molar-refractivity contribution in [2.45, 2.75) is 20.1 Å². The predicted octanol–water partition coefficient (Wildman–Crippen LogP) is 4.27. The first-order chi connectivity index (χ1) is 15.0. The number of aryl methyl sites for hydroxylation is 1. The van der Waals surface area contributed by atoms with Crippen LogP contribution >= 0.6 is 11.3 Å². The van der Waals surface area contributed by atoms with E-state index >= 15 is 0 Å². The number of rotatable bonds is 6. The number of piperazine rings is 1. The predicted molar refractivity (Wildman–Crippen MR) is 115 cm³/mol. The van der Waals surface area contributed by atoms with Crippen molar-refractivity contribution < 1.29 is 18.3 Å². The monoisotopic (exact) mass is 443 g/mol. The maximum Gasteiger partial charge on any atom is 0.254 e. The molecule has 0 saturated carbocycles. The van der Waals surface area contributed by atoms with Crippen molar-refractivity contribution in [1.82, 2.24) is 14.8 Å². The number of ether oxygens (including phenoxy) is 1. The number of carbonyl (C=O) groups excluding carboxylic acids is 1. The summed E-state index contributed by atoms with van der Waals surface area (Å²) in [7, 11) is 0. The molecular weight excluding hydrogens is 420 g/mol. The van der Waals surface area contributed by atoms with Crippen LogP contribution < -0.4 is 4.74 Å². The smallest absolute Gasteiger partial charge is 0.254 e. The lowest BCUT2D eigenvalue weighted by Crippen LogP contribution is -2.48. The Morgan fingerprint density at radius 2 is 1.84 bits per heavy atom. The normalized spacial score (nSPS) is 14.6. The summed E-state index contributed by atoms with van der Waals surface area (Å²) in [6.45, 7) is 5.39. The average Bonchev–Trinajstić information content (AvgIpc) is 3.22. The summed E-state index contributed by atoms with van der Waals surface area (Å²) in [6, 6.07) is 10.5. The van der Waals surface area contributed by atoms with E-state index in [1.54, 1.807) is 36.1 Å². The molecule has 1 aliphatic heterocycles. The standard InChI is InChI=1S/C23H23F2N3O2S/c1-16-2-3-17(12-21(16)25)23(29)28-10-8-27(9-11-28)13-19-15-31-22(26-19)14-30-20-6-4-18(24)5-7-20/h2-7,12,15H,8-11,13-14H2,1H3. The van der Waals surface area contributed by atoms with E-state index in [9.17, 15) is 13.6 Å². The summed E-state index contributed by atoms with van der Waals surface area (Å²) in [6.07, 6.45) is 0. The van der Waals surface area contributed by atoms with E-state index in [4.69, 9.17) is 4.74 Å². The van der Waals surface area contributed by atoms with Crippen LogP contribution in [0.4, 0.5) is 8.78 Å². The molecule has 0 radical (unpaired) electrons. The Morgan fingerprint density at radius 3 is 2.55 bits per heavy atom. The molecule has 1 aromatic heterocycles. The summed E-state index contributed by atoms with van der Waals surface area (Å²) >= 11 is 1.53. The molecule has 1 fully saturated rings. The van der Waals surface area contributed by atoms with Gasteiger partial charge in [0.25, 0.3) is 5.91 Å². The summed E-state index contributed by atoms with van der Waals surface area (Å²) < 4.78 is 32.4. The fourth-order valence-electron chi connectivity index (χ4n) is 3.41. The molecule has 4 rings (SSSR count). The molecule has 0 aliphatic carbocycles. The van der Waals surface area contributed by atoms with Gasteiger partial charge in [0.1, 0.15) is 29.0 Å². The molecule has 8 heteroatoms. The van der Waals surface area contributed by atoms with Crippen LogP contribution in [0.3, 0.4) is 0 Å². The lowest BCUT2D eigenvalue weighted by molar-refractivity contribution is 0.0626. The van der Waals surface area contributed by atoms with Crippen molar-refractivity contribution in [2.24, 2.45) is 0 Å². The molecule has 5 nitrogen and oxygen atoms in total. The van der Waals surface area contributed by atoms with E-state index in [0.717, 1.165) is 23.8 Å². The number of benzene rings is 2. The summed E-state index contributed by atoms with van der Waals surface area (Å²) in [5, 5.41) is 2.87. The average molecular weight is 444 g/mol. The van der Waals surface area contributed by atoms with Crippen LogP contribution in [0.25, 0.3) is 0 Å². The van der Waals surface area contributed by atoms with Gasteiger partial charge < -0.3 is 9.64 Å². The largest absolute Gasteiger partial charge is 0.486 e. The molecular formula is C23H23F2N3O2S. The number of hydrogen-bond donors (Lipinski definition) is 0. The number of amides is 1. The van der Waals surface area contributed by atoms with Crippen LogP contribution in [-0.4, -0.2) is 46.9 Å². The molecule has 0 spiro atoms. The van der Waals surface area contributed by atoms with Crippen molar-refractivity contribution in [3.8, 4) is 5.75 Å². The Kier molecular flexibility index (Phi) is 6.58. The van der Waals surface area contributed by atoms with Gasteiger partial charge in [0.2, 0.25) is 0 Å². The van der Waals surface area contributed by atoms with E-state index in [1.165, 1.54) is 29.5 Å². The molecule has 0 unspecified atom stereocenters. The summed E-state index contributed by atoms with van der Waals surface area (Å²) in [5.74, 6) is -0.177. The molecule has 0 N–H and O–H groups in total. The maximum absolute atomic E-state index is 13.8. The molecule has 1 amide bonds. The highest BCUT2D eigenvalue weighted by molar-refractivity contribution is 7.09. The highest BCUT2D eigenvalue weighted by Gasteiger charge is 2.23. The van der Waals surface area contributed by atoms with Crippen molar-refractivity contribution >= 4 is 17.2 Å². The Morgan fingerprint density at radius 1 is 1.10 bits per heavy atom. The molecule has 2 heterocycles. The van der Waals surface area contributed by atoms with E-state index in [2.05, 4.69) is 9.88 Å². The minimum absolute atomic E-state index is 0.132. The van der Waals surface area contributed by atoms with Gasteiger partial charge in [-0.3, -0.25) is 9.69 Å². The zero-order valence-corrected chi connectivity index (χ0v) is 18.0. The molecule has 1 aliphatic rings. The Labute approximate surface area is 183 Å². The molecule has 0 bridgehead atoms. The van der Waals surface area contributed by atoms with Gasteiger partial charge in [0, 0.05) is 43.7 Å². The Balaban J connectivity index is 1.25. The van der Waals surface area contributed by atoms with Gasteiger partial charge in [0.15, 0.2) is 0 Å². The highest BCUT2D eigenvalue weighted by Crippen LogP contribution is 2.18. The van der Waals surface area contributed by atoms with Gasteiger partial charge in [-0.05, 0) is 48.9 Å². The van der Waals surface area contributed by atoms with Gasteiger partial charge in [0.05, 0.1) is 5.69 Å². The third kappa shape index (κ3) is 5.45. The minimum atomic E-state index is -0.354. The Bertz CT molecular complexity index is 1050. The van der Waals surface area contributed by atoms with Crippen LogP contribution in [-0.2, 0) is 13.2 Å². The van der Waals surface area contributed by atoms with E-state index < -0.39 is 0 Å². The third-order valence-corrected chi connectivity index (χ3v) is 6.11. The topological polar surface area (TPSA) is 45.7 Å². The zero-order chi connectivity index (χ0) is 21.8. The van der Waals surface area contributed by atoms with Crippen molar-refractivity contribution in [2.75, 3.05) is 26.2 Å². The van der Waals surface area contributed by atoms with E-state index in [1.807, 2.05) is 5.38 Å². The fraction of sp³-hybridized carbons (Fsp3) is 0.304. The summed E-state index contributed by atoms with van der Waals surface area (Å²) in [4.78, 5) is 21.3. The second kappa shape index (κ2) is 9.53. The molecule has 2 aromatic carbocycles.